The highest BCUT2D eigenvalue weighted by molar-refractivity contribution is 7.19. The monoisotopic (exact) mass is 234 g/mol. The molecule has 0 aliphatic heterocycles. The number of benzene rings is 1. The largest absolute Gasteiger partial charge is 0.326 e. The number of nitrogens with one attached hydrogen (secondary N) is 1. The summed E-state index contributed by atoms with van der Waals surface area (Å²) in [5, 5.41) is 4.75. The number of nitrogens with two attached hydrogens (primary N) is 1. The van der Waals surface area contributed by atoms with Crippen LogP contribution in [0.4, 0.5) is 0 Å². The molecule has 0 atom stereocenters. The van der Waals surface area contributed by atoms with Crippen molar-refractivity contribution in [2.45, 2.75) is 33.0 Å². The van der Waals surface area contributed by atoms with Crippen LogP contribution in [0.2, 0.25) is 0 Å². The second kappa shape index (κ2) is 4.95. The van der Waals surface area contributed by atoms with Crippen LogP contribution in [0.5, 0.6) is 0 Å². The van der Waals surface area contributed by atoms with Gasteiger partial charge in [-0.25, -0.2) is 0 Å². The Hall–Kier alpha value is -0.900. The van der Waals surface area contributed by atoms with E-state index in [-0.39, 0.29) is 0 Å². The van der Waals surface area contributed by atoms with E-state index in [4.69, 9.17) is 5.73 Å². The highest BCUT2D eigenvalue weighted by Gasteiger charge is 2.05. The minimum Gasteiger partial charge on any atom is -0.326 e. The molecule has 0 amide bonds. The predicted molar refractivity (Wildman–Crippen MR) is 71.7 cm³/mol. The maximum Gasteiger partial charge on any atom is 0.0349 e. The Balaban J connectivity index is 2.29. The number of thiophene rings is 1. The van der Waals surface area contributed by atoms with Gasteiger partial charge in [-0.05, 0) is 23.1 Å². The van der Waals surface area contributed by atoms with E-state index in [1.54, 1.807) is 0 Å². The van der Waals surface area contributed by atoms with Gasteiger partial charge in [0.1, 0.15) is 0 Å². The SMILES string of the molecule is CC(C)NCc1cc2c(CN)cccc2s1. The van der Waals surface area contributed by atoms with Crippen LogP contribution in [0, 0.1) is 0 Å². The van der Waals surface area contributed by atoms with Gasteiger partial charge in [0.25, 0.3) is 0 Å². The molecule has 1 aromatic heterocycles. The van der Waals surface area contributed by atoms with Gasteiger partial charge in [-0.2, -0.15) is 0 Å². The fourth-order valence-corrected chi connectivity index (χ4v) is 2.81. The maximum absolute atomic E-state index is 5.74. The Morgan fingerprint density at radius 2 is 2.19 bits per heavy atom. The molecule has 16 heavy (non-hydrogen) atoms. The first kappa shape index (κ1) is 11.6. The molecule has 0 saturated heterocycles. The summed E-state index contributed by atoms with van der Waals surface area (Å²) in [6.45, 7) is 5.89. The summed E-state index contributed by atoms with van der Waals surface area (Å²) in [6.07, 6.45) is 0. The first-order valence-electron chi connectivity index (χ1n) is 5.64. The molecule has 0 spiro atoms. The van der Waals surface area contributed by atoms with Gasteiger partial charge in [0.15, 0.2) is 0 Å². The van der Waals surface area contributed by atoms with Crippen molar-refractivity contribution in [2.75, 3.05) is 0 Å². The van der Waals surface area contributed by atoms with Gasteiger partial charge in [0.2, 0.25) is 0 Å². The molecule has 0 aliphatic carbocycles. The molecule has 2 rings (SSSR count). The second-order valence-corrected chi connectivity index (χ2v) is 5.45. The van der Waals surface area contributed by atoms with Crippen LogP contribution in [0.1, 0.15) is 24.3 Å². The zero-order chi connectivity index (χ0) is 11.5. The fourth-order valence-electron chi connectivity index (χ4n) is 1.74. The van der Waals surface area contributed by atoms with E-state index in [0.29, 0.717) is 12.6 Å². The highest BCUT2D eigenvalue weighted by Crippen LogP contribution is 2.28. The van der Waals surface area contributed by atoms with E-state index < -0.39 is 0 Å². The lowest BCUT2D eigenvalue weighted by Crippen LogP contribution is -2.21. The Morgan fingerprint density at radius 3 is 2.88 bits per heavy atom. The minimum atomic E-state index is 0.527. The quantitative estimate of drug-likeness (QED) is 0.853. The molecule has 86 valence electrons. The lowest BCUT2D eigenvalue weighted by molar-refractivity contribution is 0.593. The van der Waals surface area contributed by atoms with Gasteiger partial charge in [0, 0.05) is 28.7 Å². The van der Waals surface area contributed by atoms with Gasteiger partial charge >= 0.3 is 0 Å². The summed E-state index contributed by atoms with van der Waals surface area (Å²) in [4.78, 5) is 1.38. The minimum absolute atomic E-state index is 0.527. The van der Waals surface area contributed by atoms with Crippen LogP contribution in [0.25, 0.3) is 10.1 Å². The zero-order valence-corrected chi connectivity index (χ0v) is 10.6. The van der Waals surface area contributed by atoms with E-state index in [0.717, 1.165) is 6.54 Å². The molecule has 0 unspecified atom stereocenters. The molecule has 3 heteroatoms. The molecule has 0 fully saturated rings. The molecule has 3 N–H and O–H groups in total. The highest BCUT2D eigenvalue weighted by atomic mass is 32.1. The maximum atomic E-state index is 5.74. The number of rotatable bonds is 4. The van der Waals surface area contributed by atoms with Crippen LogP contribution in [0.15, 0.2) is 24.3 Å². The van der Waals surface area contributed by atoms with Gasteiger partial charge in [-0.3, -0.25) is 0 Å². The Kier molecular flexibility index (Phi) is 3.59. The lowest BCUT2D eigenvalue weighted by Gasteiger charge is -2.04. The molecule has 1 aromatic carbocycles. The molecule has 2 nitrogen and oxygen atoms in total. The number of hydrogen-bond acceptors (Lipinski definition) is 3. The topological polar surface area (TPSA) is 38.0 Å². The molecule has 2 aromatic rings. The Labute approximate surface area is 100 Å². The van der Waals surface area contributed by atoms with Crippen molar-refractivity contribution in [3.63, 3.8) is 0 Å². The van der Waals surface area contributed by atoms with Crippen molar-refractivity contribution in [1.29, 1.82) is 0 Å². The van der Waals surface area contributed by atoms with Crippen molar-refractivity contribution in [2.24, 2.45) is 5.73 Å². The average Bonchev–Trinajstić information content (AvgIpc) is 2.68. The van der Waals surface area contributed by atoms with Crippen LogP contribution in [-0.4, -0.2) is 6.04 Å². The summed E-state index contributed by atoms with van der Waals surface area (Å²) in [5.41, 5.74) is 6.98. The average molecular weight is 234 g/mol. The number of fused-ring (bicyclic) bond motifs is 1. The molecule has 0 radical (unpaired) electrons. The van der Waals surface area contributed by atoms with E-state index in [2.05, 4.69) is 43.4 Å². The van der Waals surface area contributed by atoms with Crippen LogP contribution in [0.3, 0.4) is 0 Å². The third-order valence-corrected chi connectivity index (χ3v) is 3.71. The van der Waals surface area contributed by atoms with Crippen molar-refractivity contribution in [1.82, 2.24) is 5.32 Å². The fraction of sp³-hybridized carbons (Fsp3) is 0.385. The predicted octanol–water partition coefficient (Wildman–Crippen LogP) is 2.86. The van der Waals surface area contributed by atoms with Crippen molar-refractivity contribution < 1.29 is 0 Å². The summed E-state index contributed by atoms with van der Waals surface area (Å²) < 4.78 is 1.34. The zero-order valence-electron chi connectivity index (χ0n) is 9.79. The van der Waals surface area contributed by atoms with Gasteiger partial charge in [-0.1, -0.05) is 26.0 Å². The van der Waals surface area contributed by atoms with E-state index in [9.17, 15) is 0 Å². The van der Waals surface area contributed by atoms with Crippen LogP contribution < -0.4 is 11.1 Å². The van der Waals surface area contributed by atoms with Gasteiger partial charge in [-0.15, -0.1) is 11.3 Å². The van der Waals surface area contributed by atoms with Crippen molar-refractivity contribution in [3.8, 4) is 0 Å². The van der Waals surface area contributed by atoms with E-state index in [1.165, 1.54) is 20.5 Å². The van der Waals surface area contributed by atoms with Crippen molar-refractivity contribution in [3.05, 3.63) is 34.7 Å². The van der Waals surface area contributed by atoms with Crippen LogP contribution >= 0.6 is 11.3 Å². The number of hydrogen-bond donors (Lipinski definition) is 2. The summed E-state index contributed by atoms with van der Waals surface area (Å²) in [6, 6.07) is 9.14. The van der Waals surface area contributed by atoms with Crippen LogP contribution in [-0.2, 0) is 13.1 Å². The second-order valence-electron chi connectivity index (χ2n) is 4.28. The molecule has 1 heterocycles. The first-order valence-corrected chi connectivity index (χ1v) is 6.46. The van der Waals surface area contributed by atoms with Crippen molar-refractivity contribution >= 4 is 21.4 Å². The molecule has 0 aliphatic rings. The normalized spacial score (nSPS) is 11.5. The molecular weight excluding hydrogens is 216 g/mol. The summed E-state index contributed by atoms with van der Waals surface area (Å²) in [5.74, 6) is 0. The smallest absolute Gasteiger partial charge is 0.0349 e. The summed E-state index contributed by atoms with van der Waals surface area (Å²) >= 11 is 1.85. The summed E-state index contributed by atoms with van der Waals surface area (Å²) in [7, 11) is 0. The standard InChI is InChI=1S/C13H18N2S/c1-9(2)15-8-11-6-12-10(7-14)4-3-5-13(12)16-11/h3-6,9,15H,7-8,14H2,1-2H3. The van der Waals surface area contributed by atoms with Gasteiger partial charge < -0.3 is 11.1 Å². The molecular formula is C13H18N2S. The molecule has 0 saturated carbocycles. The Morgan fingerprint density at radius 1 is 1.38 bits per heavy atom. The Bertz CT molecular complexity index is 474. The first-order chi connectivity index (χ1) is 7.70. The van der Waals surface area contributed by atoms with Gasteiger partial charge in [0.05, 0.1) is 0 Å². The third kappa shape index (κ3) is 2.43. The third-order valence-electron chi connectivity index (χ3n) is 2.61. The lowest BCUT2D eigenvalue weighted by atomic mass is 10.1. The molecule has 0 bridgehead atoms. The van der Waals surface area contributed by atoms with E-state index in [1.807, 2.05) is 11.3 Å². The van der Waals surface area contributed by atoms with E-state index >= 15 is 0 Å².